The lowest BCUT2D eigenvalue weighted by Gasteiger charge is -2.28. The van der Waals surface area contributed by atoms with E-state index in [1.807, 2.05) is 0 Å². The molecule has 2 unspecified atom stereocenters. The van der Waals surface area contributed by atoms with Crippen molar-refractivity contribution < 1.29 is 0 Å². The van der Waals surface area contributed by atoms with Gasteiger partial charge in [0.15, 0.2) is 0 Å². The van der Waals surface area contributed by atoms with E-state index in [9.17, 15) is 0 Å². The van der Waals surface area contributed by atoms with Crippen molar-refractivity contribution in [2.24, 2.45) is 11.7 Å². The Balaban J connectivity index is 1.84. The van der Waals surface area contributed by atoms with Crippen LogP contribution < -0.4 is 10.6 Å². The fraction of sp³-hybridized carbons (Fsp3) is 0.600. The fourth-order valence-corrected chi connectivity index (χ4v) is 3.02. The number of hydrogen-bond acceptors (Lipinski definition) is 2. The maximum absolute atomic E-state index is 6.39. The molecule has 2 nitrogen and oxygen atoms in total. The van der Waals surface area contributed by atoms with Gasteiger partial charge in [0.05, 0.1) is 0 Å². The highest BCUT2D eigenvalue weighted by molar-refractivity contribution is 5.55. The van der Waals surface area contributed by atoms with Crippen molar-refractivity contribution in [2.45, 2.75) is 38.1 Å². The van der Waals surface area contributed by atoms with Gasteiger partial charge in [0.2, 0.25) is 0 Å². The normalized spacial score (nSPS) is 31.9. The molecule has 0 spiro atoms. The van der Waals surface area contributed by atoms with Gasteiger partial charge in [0.1, 0.15) is 0 Å². The van der Waals surface area contributed by atoms with Crippen molar-refractivity contribution >= 4 is 5.69 Å². The lowest BCUT2D eigenvalue weighted by molar-refractivity contribution is 0.581. The maximum atomic E-state index is 6.39. The molecule has 2 N–H and O–H groups in total. The molecule has 1 fully saturated rings. The zero-order chi connectivity index (χ0) is 11.9. The van der Waals surface area contributed by atoms with Crippen molar-refractivity contribution in [1.29, 1.82) is 0 Å². The van der Waals surface area contributed by atoms with Gasteiger partial charge in [-0.3, -0.25) is 0 Å². The van der Waals surface area contributed by atoms with Crippen LogP contribution in [0, 0.1) is 5.92 Å². The van der Waals surface area contributed by atoms with Crippen molar-refractivity contribution in [3.63, 3.8) is 0 Å². The number of nitrogens with zero attached hydrogens (tertiary/aromatic N) is 1. The lowest BCUT2D eigenvalue weighted by Crippen LogP contribution is -2.41. The highest BCUT2D eigenvalue weighted by Gasteiger charge is 2.48. The first-order valence-electron chi connectivity index (χ1n) is 6.81. The molecule has 0 radical (unpaired) electrons. The van der Waals surface area contributed by atoms with Gasteiger partial charge < -0.3 is 10.6 Å². The Kier molecular flexibility index (Phi) is 2.62. The number of fused-ring (bicyclic) bond motifs is 1. The minimum absolute atomic E-state index is 0.0808. The van der Waals surface area contributed by atoms with E-state index in [1.165, 1.54) is 43.5 Å². The van der Waals surface area contributed by atoms with Crippen LogP contribution in [0.1, 0.15) is 31.7 Å². The van der Waals surface area contributed by atoms with Crippen molar-refractivity contribution in [1.82, 2.24) is 0 Å². The Hall–Kier alpha value is -1.02. The largest absolute Gasteiger partial charge is 0.369 e. The predicted molar refractivity (Wildman–Crippen MR) is 72.3 cm³/mol. The molecule has 1 heterocycles. The SMILES string of the molecule is CC1CC1(N)CN1CCCCc2ccccc21. The molecule has 92 valence electrons. The summed E-state index contributed by atoms with van der Waals surface area (Å²) in [5.74, 6) is 0.693. The Labute approximate surface area is 104 Å². The molecule has 1 aliphatic heterocycles. The Bertz CT molecular complexity index is 415. The molecule has 1 aliphatic carbocycles. The van der Waals surface area contributed by atoms with Gasteiger partial charge in [0.25, 0.3) is 0 Å². The van der Waals surface area contributed by atoms with E-state index in [4.69, 9.17) is 5.73 Å². The van der Waals surface area contributed by atoms with Crippen molar-refractivity contribution in [2.75, 3.05) is 18.0 Å². The molecule has 1 saturated carbocycles. The van der Waals surface area contributed by atoms with Gasteiger partial charge >= 0.3 is 0 Å². The molecule has 1 aromatic rings. The van der Waals surface area contributed by atoms with Crippen LogP contribution in [-0.4, -0.2) is 18.6 Å². The average molecular weight is 230 g/mol. The summed E-state index contributed by atoms with van der Waals surface area (Å²) in [7, 11) is 0. The Morgan fingerprint density at radius 2 is 2.12 bits per heavy atom. The smallest absolute Gasteiger partial charge is 0.0399 e. The predicted octanol–water partition coefficient (Wildman–Crippen LogP) is 2.57. The molecule has 0 bridgehead atoms. The number of aryl methyl sites for hydroxylation is 1. The number of para-hydroxylation sites is 1. The van der Waals surface area contributed by atoms with Gasteiger partial charge in [-0.1, -0.05) is 25.1 Å². The second-order valence-corrected chi connectivity index (χ2v) is 5.85. The van der Waals surface area contributed by atoms with E-state index >= 15 is 0 Å². The first-order valence-corrected chi connectivity index (χ1v) is 6.81. The average Bonchev–Trinajstić information content (AvgIpc) is 2.97. The van der Waals surface area contributed by atoms with E-state index in [1.54, 1.807) is 0 Å². The summed E-state index contributed by atoms with van der Waals surface area (Å²) in [6.45, 7) is 4.47. The minimum atomic E-state index is 0.0808. The molecule has 3 rings (SSSR count). The van der Waals surface area contributed by atoms with E-state index in [-0.39, 0.29) is 5.54 Å². The second kappa shape index (κ2) is 4.02. The zero-order valence-electron chi connectivity index (χ0n) is 10.7. The molecule has 1 aromatic carbocycles. The van der Waals surface area contributed by atoms with E-state index < -0.39 is 0 Å². The third-order valence-electron chi connectivity index (χ3n) is 4.45. The first-order chi connectivity index (χ1) is 8.19. The van der Waals surface area contributed by atoms with Gasteiger partial charge in [-0.25, -0.2) is 0 Å². The fourth-order valence-electron chi connectivity index (χ4n) is 3.02. The van der Waals surface area contributed by atoms with E-state index in [2.05, 4.69) is 36.1 Å². The van der Waals surface area contributed by atoms with Crippen LogP contribution in [0.3, 0.4) is 0 Å². The van der Waals surface area contributed by atoms with Gasteiger partial charge in [0, 0.05) is 24.3 Å². The Morgan fingerprint density at radius 3 is 2.88 bits per heavy atom. The second-order valence-electron chi connectivity index (χ2n) is 5.85. The lowest BCUT2D eigenvalue weighted by atomic mass is 10.1. The first kappa shape index (κ1) is 11.1. The van der Waals surface area contributed by atoms with Gasteiger partial charge in [-0.15, -0.1) is 0 Å². The van der Waals surface area contributed by atoms with E-state index in [0.29, 0.717) is 5.92 Å². The highest BCUT2D eigenvalue weighted by Crippen LogP contribution is 2.42. The summed E-state index contributed by atoms with van der Waals surface area (Å²) in [6.07, 6.45) is 5.01. The van der Waals surface area contributed by atoms with Crippen LogP contribution in [0.4, 0.5) is 5.69 Å². The summed E-state index contributed by atoms with van der Waals surface area (Å²) >= 11 is 0. The number of benzene rings is 1. The summed E-state index contributed by atoms with van der Waals surface area (Å²) in [4.78, 5) is 2.52. The van der Waals surface area contributed by atoms with Gasteiger partial charge in [-0.2, -0.15) is 0 Å². The summed E-state index contributed by atoms with van der Waals surface area (Å²) in [6, 6.07) is 8.83. The van der Waals surface area contributed by atoms with Gasteiger partial charge in [-0.05, 0) is 43.2 Å². The van der Waals surface area contributed by atoms with Crippen LogP contribution in [0.5, 0.6) is 0 Å². The summed E-state index contributed by atoms with van der Waals surface area (Å²) in [5.41, 5.74) is 9.39. The van der Waals surface area contributed by atoms with Crippen LogP contribution in [0.2, 0.25) is 0 Å². The van der Waals surface area contributed by atoms with Crippen LogP contribution in [-0.2, 0) is 6.42 Å². The highest BCUT2D eigenvalue weighted by atomic mass is 15.2. The molecule has 2 heteroatoms. The topological polar surface area (TPSA) is 29.3 Å². The summed E-state index contributed by atoms with van der Waals surface area (Å²) in [5, 5.41) is 0. The van der Waals surface area contributed by atoms with Crippen LogP contribution in [0.25, 0.3) is 0 Å². The molecule has 0 saturated heterocycles. The monoisotopic (exact) mass is 230 g/mol. The molecule has 0 amide bonds. The van der Waals surface area contributed by atoms with Crippen LogP contribution >= 0.6 is 0 Å². The number of rotatable bonds is 2. The molecular formula is C15H22N2. The number of nitrogens with two attached hydrogens (primary N) is 1. The standard InChI is InChI=1S/C15H22N2/c1-12-10-15(12,16)11-17-9-5-4-7-13-6-2-3-8-14(13)17/h2-3,6,8,12H,4-5,7,9-11,16H2,1H3. The molecule has 2 atom stereocenters. The molecule has 17 heavy (non-hydrogen) atoms. The number of anilines is 1. The van der Waals surface area contributed by atoms with E-state index in [0.717, 1.165) is 6.54 Å². The third-order valence-corrected chi connectivity index (χ3v) is 4.45. The number of hydrogen-bond donors (Lipinski definition) is 1. The maximum Gasteiger partial charge on any atom is 0.0399 e. The third kappa shape index (κ3) is 2.06. The van der Waals surface area contributed by atoms with Crippen molar-refractivity contribution in [3.8, 4) is 0 Å². The Morgan fingerprint density at radius 1 is 1.35 bits per heavy atom. The van der Waals surface area contributed by atoms with Crippen LogP contribution in [0.15, 0.2) is 24.3 Å². The van der Waals surface area contributed by atoms with Crippen molar-refractivity contribution in [3.05, 3.63) is 29.8 Å². The minimum Gasteiger partial charge on any atom is -0.369 e. The zero-order valence-corrected chi connectivity index (χ0v) is 10.7. The molecular weight excluding hydrogens is 208 g/mol. The molecule has 0 aromatic heterocycles. The quantitative estimate of drug-likeness (QED) is 0.846. The molecule has 2 aliphatic rings. The summed E-state index contributed by atoms with van der Waals surface area (Å²) < 4.78 is 0.